The van der Waals surface area contributed by atoms with E-state index in [0.29, 0.717) is 6.04 Å². The summed E-state index contributed by atoms with van der Waals surface area (Å²) in [6, 6.07) is 0.658. The Labute approximate surface area is 118 Å². The van der Waals surface area contributed by atoms with Gasteiger partial charge in [-0.3, -0.25) is 4.90 Å². The summed E-state index contributed by atoms with van der Waals surface area (Å²) >= 11 is 0. The van der Waals surface area contributed by atoms with Crippen molar-refractivity contribution in [1.82, 2.24) is 9.80 Å². The van der Waals surface area contributed by atoms with E-state index in [1.807, 2.05) is 0 Å². The van der Waals surface area contributed by atoms with Gasteiger partial charge in [-0.1, -0.05) is 6.92 Å². The molecule has 2 heterocycles. The second-order valence-corrected chi connectivity index (χ2v) is 6.17. The van der Waals surface area contributed by atoms with Gasteiger partial charge in [-0.15, -0.1) is 0 Å². The lowest BCUT2D eigenvalue weighted by molar-refractivity contribution is -0.00739. The predicted molar refractivity (Wildman–Crippen MR) is 79.4 cm³/mol. The molecule has 0 radical (unpaired) electrons. The van der Waals surface area contributed by atoms with Crippen molar-refractivity contribution in [2.75, 3.05) is 46.4 Å². The van der Waals surface area contributed by atoms with Gasteiger partial charge >= 0.3 is 0 Å². The van der Waals surface area contributed by atoms with Gasteiger partial charge in [-0.2, -0.15) is 0 Å². The molecule has 0 saturated carbocycles. The van der Waals surface area contributed by atoms with Gasteiger partial charge in [0.2, 0.25) is 0 Å². The van der Waals surface area contributed by atoms with Crippen LogP contribution in [0.3, 0.4) is 0 Å². The highest BCUT2D eigenvalue weighted by atomic mass is 16.5. The van der Waals surface area contributed by atoms with Crippen molar-refractivity contribution in [2.24, 2.45) is 5.73 Å². The molecule has 2 rings (SSSR count). The van der Waals surface area contributed by atoms with E-state index in [4.69, 9.17) is 10.5 Å². The highest BCUT2D eigenvalue weighted by molar-refractivity contribution is 4.96. The highest BCUT2D eigenvalue weighted by Gasteiger charge is 2.38. The van der Waals surface area contributed by atoms with Gasteiger partial charge in [0, 0.05) is 31.3 Å². The Balaban J connectivity index is 2.03. The molecule has 2 N–H and O–H groups in total. The van der Waals surface area contributed by atoms with Crippen LogP contribution < -0.4 is 5.73 Å². The van der Waals surface area contributed by atoms with Crippen LogP contribution in [0.4, 0.5) is 0 Å². The lowest BCUT2D eigenvalue weighted by Gasteiger charge is -2.46. The van der Waals surface area contributed by atoms with Gasteiger partial charge in [0.05, 0.1) is 0 Å². The Kier molecular flexibility index (Phi) is 5.63. The average molecular weight is 269 g/mol. The summed E-state index contributed by atoms with van der Waals surface area (Å²) in [5.41, 5.74) is 6.42. The molecule has 0 aromatic carbocycles. The fourth-order valence-electron chi connectivity index (χ4n) is 3.71. The zero-order valence-corrected chi connectivity index (χ0v) is 12.7. The molecule has 1 unspecified atom stereocenters. The van der Waals surface area contributed by atoms with E-state index in [-0.39, 0.29) is 5.54 Å². The van der Waals surface area contributed by atoms with Crippen LogP contribution in [0.25, 0.3) is 0 Å². The van der Waals surface area contributed by atoms with Gasteiger partial charge in [-0.05, 0) is 58.8 Å². The van der Waals surface area contributed by atoms with Crippen molar-refractivity contribution in [3.05, 3.63) is 0 Å². The second-order valence-electron chi connectivity index (χ2n) is 6.17. The molecular formula is C15H31N3O. The maximum absolute atomic E-state index is 6.21. The van der Waals surface area contributed by atoms with Crippen molar-refractivity contribution in [3.63, 3.8) is 0 Å². The first-order valence-corrected chi connectivity index (χ1v) is 7.95. The first-order chi connectivity index (χ1) is 9.22. The maximum Gasteiger partial charge on any atom is 0.0480 e. The molecule has 0 aromatic rings. The summed E-state index contributed by atoms with van der Waals surface area (Å²) in [5, 5.41) is 0. The average Bonchev–Trinajstić information content (AvgIpc) is 2.70. The molecule has 0 aliphatic carbocycles. The quantitative estimate of drug-likeness (QED) is 0.835. The number of ether oxygens (including phenoxy) is 1. The lowest BCUT2D eigenvalue weighted by atomic mass is 9.86. The third-order valence-corrected chi connectivity index (χ3v) is 5.32. The van der Waals surface area contributed by atoms with Gasteiger partial charge in [0.15, 0.2) is 0 Å². The molecule has 0 bridgehead atoms. The summed E-state index contributed by atoms with van der Waals surface area (Å²) < 4.78 is 5.50. The van der Waals surface area contributed by atoms with Crippen molar-refractivity contribution < 1.29 is 4.74 Å². The van der Waals surface area contributed by atoms with Crippen LogP contribution in [0.1, 0.15) is 39.0 Å². The van der Waals surface area contributed by atoms with Crippen LogP contribution in [0.15, 0.2) is 0 Å². The molecule has 2 saturated heterocycles. The van der Waals surface area contributed by atoms with E-state index in [2.05, 4.69) is 23.8 Å². The summed E-state index contributed by atoms with van der Waals surface area (Å²) in [6.07, 6.45) is 6.06. The second kappa shape index (κ2) is 7.02. The molecule has 4 nitrogen and oxygen atoms in total. The molecule has 2 fully saturated rings. The van der Waals surface area contributed by atoms with Gasteiger partial charge in [-0.25, -0.2) is 0 Å². The molecule has 0 spiro atoms. The highest BCUT2D eigenvalue weighted by Crippen LogP contribution is 2.31. The first kappa shape index (κ1) is 15.2. The number of hydrogen-bond donors (Lipinski definition) is 1. The van der Waals surface area contributed by atoms with E-state index in [0.717, 1.165) is 32.6 Å². The molecule has 0 aromatic heterocycles. The van der Waals surface area contributed by atoms with Crippen LogP contribution in [0, 0.1) is 0 Å². The van der Waals surface area contributed by atoms with Crippen LogP contribution in [-0.2, 0) is 4.74 Å². The number of rotatable bonds is 4. The van der Waals surface area contributed by atoms with E-state index in [9.17, 15) is 0 Å². The Bertz CT molecular complexity index is 268. The van der Waals surface area contributed by atoms with Crippen LogP contribution in [0.2, 0.25) is 0 Å². The van der Waals surface area contributed by atoms with Crippen molar-refractivity contribution in [2.45, 2.75) is 50.6 Å². The fourth-order valence-corrected chi connectivity index (χ4v) is 3.71. The van der Waals surface area contributed by atoms with Crippen molar-refractivity contribution in [1.29, 1.82) is 0 Å². The summed E-state index contributed by atoms with van der Waals surface area (Å²) in [4.78, 5) is 5.17. The van der Waals surface area contributed by atoms with Crippen molar-refractivity contribution >= 4 is 0 Å². The molecule has 2 aliphatic heterocycles. The maximum atomic E-state index is 6.21. The SMILES string of the molecule is CCN1CCCC(CN)(N(C)C2CCOCC2)CC1. The molecule has 112 valence electrons. The normalized spacial score (nSPS) is 31.6. The summed E-state index contributed by atoms with van der Waals surface area (Å²) in [7, 11) is 2.30. The van der Waals surface area contributed by atoms with Crippen LogP contribution >= 0.6 is 0 Å². The van der Waals surface area contributed by atoms with E-state index < -0.39 is 0 Å². The van der Waals surface area contributed by atoms with E-state index in [1.54, 1.807) is 0 Å². The Morgan fingerprint density at radius 2 is 2.00 bits per heavy atom. The number of nitrogens with zero attached hydrogens (tertiary/aromatic N) is 2. The monoisotopic (exact) mass is 269 g/mol. The Morgan fingerprint density at radius 3 is 2.63 bits per heavy atom. The third kappa shape index (κ3) is 3.48. The number of likely N-dealkylation sites (N-methyl/N-ethyl adjacent to an activating group) is 1. The first-order valence-electron chi connectivity index (χ1n) is 7.95. The molecule has 4 heteroatoms. The molecule has 19 heavy (non-hydrogen) atoms. The van der Waals surface area contributed by atoms with Crippen molar-refractivity contribution in [3.8, 4) is 0 Å². The fraction of sp³-hybridized carbons (Fsp3) is 1.00. The predicted octanol–water partition coefficient (Wildman–Crippen LogP) is 1.30. The summed E-state index contributed by atoms with van der Waals surface area (Å²) in [6.45, 7) is 8.48. The van der Waals surface area contributed by atoms with E-state index >= 15 is 0 Å². The third-order valence-electron chi connectivity index (χ3n) is 5.32. The minimum absolute atomic E-state index is 0.214. The molecule has 0 amide bonds. The lowest BCUT2D eigenvalue weighted by Crippen LogP contribution is -2.57. The van der Waals surface area contributed by atoms with Gasteiger partial charge in [0.1, 0.15) is 0 Å². The zero-order chi connectivity index (χ0) is 13.7. The van der Waals surface area contributed by atoms with Gasteiger partial charge in [0.25, 0.3) is 0 Å². The summed E-state index contributed by atoms with van der Waals surface area (Å²) in [5.74, 6) is 0. The molecule has 2 aliphatic rings. The minimum Gasteiger partial charge on any atom is -0.381 e. The van der Waals surface area contributed by atoms with Crippen LogP contribution in [0.5, 0.6) is 0 Å². The molecule has 1 atom stereocenters. The van der Waals surface area contributed by atoms with Crippen LogP contribution in [-0.4, -0.2) is 67.8 Å². The number of nitrogens with two attached hydrogens (primary N) is 1. The molecular weight excluding hydrogens is 238 g/mol. The number of likely N-dealkylation sites (tertiary alicyclic amines) is 1. The largest absolute Gasteiger partial charge is 0.381 e. The minimum atomic E-state index is 0.214. The van der Waals surface area contributed by atoms with E-state index in [1.165, 1.54) is 38.9 Å². The smallest absolute Gasteiger partial charge is 0.0480 e. The Morgan fingerprint density at radius 1 is 1.26 bits per heavy atom. The standard InChI is InChI=1S/C15H31N3O/c1-3-18-9-4-7-15(13-16,8-10-18)17(2)14-5-11-19-12-6-14/h14H,3-13,16H2,1-2H3. The number of hydrogen-bond acceptors (Lipinski definition) is 4. The Hall–Kier alpha value is -0.160. The van der Waals surface area contributed by atoms with Gasteiger partial charge < -0.3 is 15.4 Å². The topological polar surface area (TPSA) is 41.7 Å². The zero-order valence-electron chi connectivity index (χ0n) is 12.7.